The first-order valence-electron chi connectivity index (χ1n) is 9.85. The van der Waals surface area contributed by atoms with Gasteiger partial charge in [0.05, 0.1) is 24.1 Å². The Labute approximate surface area is 167 Å². The van der Waals surface area contributed by atoms with Gasteiger partial charge in [0.25, 0.3) is 0 Å². The van der Waals surface area contributed by atoms with Crippen molar-refractivity contribution in [3.05, 3.63) is 36.0 Å². The molecule has 1 aliphatic carbocycles. The first-order valence-corrected chi connectivity index (χ1v) is 9.85. The minimum Gasteiger partial charge on any atom is -0.355 e. The van der Waals surface area contributed by atoms with E-state index in [4.69, 9.17) is 0 Å². The standard InChI is InChI=1S/C20H23F3N4O2/c21-20(22,23)14-6-7-17(24-12-14)26-9-3-8-25(10-11-26)13-27-18(28)15-4-1-2-5-16(15)19(27)29/h1-2,6-7,12,15-16H,3-5,8-11,13H2. The van der Waals surface area contributed by atoms with E-state index in [1.54, 1.807) is 0 Å². The van der Waals surface area contributed by atoms with Gasteiger partial charge in [-0.3, -0.25) is 19.4 Å². The predicted molar refractivity (Wildman–Crippen MR) is 99.7 cm³/mol. The number of aromatic nitrogens is 1. The van der Waals surface area contributed by atoms with Crippen LogP contribution in [-0.4, -0.2) is 59.4 Å². The Hall–Kier alpha value is -2.42. The fourth-order valence-corrected chi connectivity index (χ4v) is 4.29. The molecule has 2 fully saturated rings. The van der Waals surface area contributed by atoms with E-state index >= 15 is 0 Å². The van der Waals surface area contributed by atoms with Gasteiger partial charge in [0.1, 0.15) is 5.82 Å². The number of rotatable bonds is 3. The van der Waals surface area contributed by atoms with Crippen LogP contribution in [0.2, 0.25) is 0 Å². The van der Waals surface area contributed by atoms with Crippen LogP contribution in [0.5, 0.6) is 0 Å². The van der Waals surface area contributed by atoms with Crippen molar-refractivity contribution in [1.82, 2.24) is 14.8 Å². The molecule has 1 aromatic rings. The average molecular weight is 408 g/mol. The normalized spacial score (nSPS) is 26.0. The lowest BCUT2D eigenvalue weighted by atomic mass is 9.85. The van der Waals surface area contributed by atoms with Gasteiger partial charge in [-0.25, -0.2) is 4.98 Å². The van der Waals surface area contributed by atoms with Gasteiger partial charge in [0.15, 0.2) is 0 Å². The summed E-state index contributed by atoms with van der Waals surface area (Å²) >= 11 is 0. The topological polar surface area (TPSA) is 56.8 Å². The number of allylic oxidation sites excluding steroid dienone is 2. The summed E-state index contributed by atoms with van der Waals surface area (Å²) in [5.41, 5.74) is -0.764. The van der Waals surface area contributed by atoms with E-state index in [9.17, 15) is 22.8 Å². The molecule has 4 rings (SSSR count). The second kappa shape index (κ2) is 7.78. The highest BCUT2D eigenvalue weighted by atomic mass is 19.4. The second-order valence-corrected chi connectivity index (χ2v) is 7.76. The third-order valence-electron chi connectivity index (χ3n) is 5.93. The molecule has 9 heteroatoms. The van der Waals surface area contributed by atoms with Crippen molar-refractivity contribution in [2.24, 2.45) is 11.8 Å². The first-order chi connectivity index (χ1) is 13.8. The van der Waals surface area contributed by atoms with Gasteiger partial charge in [0, 0.05) is 32.4 Å². The molecule has 0 bridgehead atoms. The maximum Gasteiger partial charge on any atom is 0.417 e. The Balaban J connectivity index is 1.37. The van der Waals surface area contributed by atoms with Gasteiger partial charge in [-0.05, 0) is 31.4 Å². The van der Waals surface area contributed by atoms with Crippen LogP contribution in [-0.2, 0) is 15.8 Å². The maximum atomic E-state index is 12.7. The van der Waals surface area contributed by atoms with Gasteiger partial charge < -0.3 is 4.90 Å². The van der Waals surface area contributed by atoms with Crippen molar-refractivity contribution in [3.63, 3.8) is 0 Å². The molecule has 0 spiro atoms. The number of anilines is 1. The molecule has 0 saturated carbocycles. The van der Waals surface area contributed by atoms with E-state index in [0.717, 1.165) is 18.7 Å². The molecular weight excluding hydrogens is 385 g/mol. The molecule has 3 aliphatic rings. The highest BCUT2D eigenvalue weighted by molar-refractivity contribution is 6.05. The van der Waals surface area contributed by atoms with E-state index in [0.29, 0.717) is 44.8 Å². The van der Waals surface area contributed by atoms with Crippen LogP contribution in [0.15, 0.2) is 30.5 Å². The number of fused-ring (bicyclic) bond motifs is 1. The zero-order chi connectivity index (χ0) is 20.6. The number of amides is 2. The monoisotopic (exact) mass is 408 g/mol. The van der Waals surface area contributed by atoms with Crippen LogP contribution in [0.1, 0.15) is 24.8 Å². The van der Waals surface area contributed by atoms with E-state index in [1.807, 2.05) is 17.1 Å². The average Bonchev–Trinajstić information content (AvgIpc) is 2.87. The van der Waals surface area contributed by atoms with Crippen LogP contribution in [0.4, 0.5) is 19.0 Å². The molecule has 2 unspecified atom stereocenters. The number of hydrogen-bond acceptors (Lipinski definition) is 5. The van der Waals surface area contributed by atoms with Crippen molar-refractivity contribution in [3.8, 4) is 0 Å². The van der Waals surface area contributed by atoms with Crippen LogP contribution >= 0.6 is 0 Å². The van der Waals surface area contributed by atoms with Gasteiger partial charge in [-0.15, -0.1) is 0 Å². The minimum absolute atomic E-state index is 0.0881. The Morgan fingerprint density at radius 2 is 1.66 bits per heavy atom. The maximum absolute atomic E-state index is 12.7. The van der Waals surface area contributed by atoms with Gasteiger partial charge in [-0.2, -0.15) is 13.2 Å². The SMILES string of the molecule is O=C1C2CC=CCC2C(=O)N1CN1CCCN(c2ccc(C(F)(F)F)cn2)CC1. The minimum atomic E-state index is -4.40. The molecule has 1 aromatic heterocycles. The lowest BCUT2D eigenvalue weighted by Crippen LogP contribution is -2.43. The van der Waals surface area contributed by atoms with Crippen LogP contribution in [0, 0.1) is 11.8 Å². The van der Waals surface area contributed by atoms with Gasteiger partial charge >= 0.3 is 6.18 Å². The molecule has 2 amide bonds. The summed E-state index contributed by atoms with van der Waals surface area (Å²) < 4.78 is 38.2. The number of likely N-dealkylation sites (tertiary alicyclic amines) is 1. The van der Waals surface area contributed by atoms with Crippen LogP contribution in [0.3, 0.4) is 0 Å². The molecule has 2 saturated heterocycles. The summed E-state index contributed by atoms with van der Waals surface area (Å²) in [4.78, 5) is 34.6. The Morgan fingerprint density at radius 1 is 0.966 bits per heavy atom. The first kappa shape index (κ1) is 19.9. The number of carbonyl (C=O) groups excluding carboxylic acids is 2. The molecule has 0 radical (unpaired) electrons. The smallest absolute Gasteiger partial charge is 0.355 e. The zero-order valence-electron chi connectivity index (χ0n) is 15.9. The number of hydrogen-bond donors (Lipinski definition) is 0. The van der Waals surface area contributed by atoms with E-state index in [1.165, 1.54) is 11.0 Å². The van der Waals surface area contributed by atoms with E-state index in [-0.39, 0.29) is 30.3 Å². The lowest BCUT2D eigenvalue weighted by Gasteiger charge is -2.26. The number of nitrogens with zero attached hydrogens (tertiary/aromatic N) is 4. The molecule has 6 nitrogen and oxygen atoms in total. The zero-order valence-corrected chi connectivity index (χ0v) is 15.9. The number of pyridine rings is 1. The molecule has 0 aromatic carbocycles. The summed E-state index contributed by atoms with van der Waals surface area (Å²) in [7, 11) is 0. The molecule has 156 valence electrons. The molecule has 3 heterocycles. The highest BCUT2D eigenvalue weighted by Crippen LogP contribution is 2.35. The molecule has 0 N–H and O–H groups in total. The second-order valence-electron chi connectivity index (χ2n) is 7.76. The third-order valence-corrected chi connectivity index (χ3v) is 5.93. The molecule has 2 atom stereocenters. The highest BCUT2D eigenvalue weighted by Gasteiger charge is 2.47. The van der Waals surface area contributed by atoms with Gasteiger partial charge in [0.2, 0.25) is 11.8 Å². The third kappa shape index (κ3) is 4.01. The number of halogens is 3. The summed E-state index contributed by atoms with van der Waals surface area (Å²) in [6, 6.07) is 2.44. The summed E-state index contributed by atoms with van der Waals surface area (Å²) in [5, 5.41) is 0. The Bertz CT molecular complexity index is 783. The molecule has 29 heavy (non-hydrogen) atoms. The number of alkyl halides is 3. The Morgan fingerprint density at radius 3 is 2.24 bits per heavy atom. The summed E-state index contributed by atoms with van der Waals surface area (Å²) in [6.07, 6.45) is 2.41. The fourth-order valence-electron chi connectivity index (χ4n) is 4.29. The quantitative estimate of drug-likeness (QED) is 0.568. The van der Waals surface area contributed by atoms with Crippen LogP contribution in [0.25, 0.3) is 0 Å². The summed E-state index contributed by atoms with van der Waals surface area (Å²) in [6.45, 7) is 2.82. The van der Waals surface area contributed by atoms with E-state index in [2.05, 4.69) is 9.88 Å². The van der Waals surface area contributed by atoms with Crippen molar-refractivity contribution < 1.29 is 22.8 Å². The molecular formula is C20H23F3N4O2. The Kier molecular flexibility index (Phi) is 5.33. The van der Waals surface area contributed by atoms with Crippen molar-refractivity contribution in [1.29, 1.82) is 0 Å². The van der Waals surface area contributed by atoms with E-state index < -0.39 is 11.7 Å². The fraction of sp³-hybridized carbons (Fsp3) is 0.550. The van der Waals surface area contributed by atoms with Gasteiger partial charge in [-0.1, -0.05) is 12.2 Å². The largest absolute Gasteiger partial charge is 0.417 e. The van der Waals surface area contributed by atoms with Crippen molar-refractivity contribution >= 4 is 17.6 Å². The number of carbonyl (C=O) groups is 2. The summed E-state index contributed by atoms with van der Waals surface area (Å²) in [5.74, 6) is -0.130. The van der Waals surface area contributed by atoms with Crippen molar-refractivity contribution in [2.75, 3.05) is 37.7 Å². The van der Waals surface area contributed by atoms with Crippen molar-refractivity contribution in [2.45, 2.75) is 25.4 Å². The predicted octanol–water partition coefficient (Wildman–Crippen LogP) is 2.52. The lowest BCUT2D eigenvalue weighted by molar-refractivity contribution is -0.142. The molecule has 2 aliphatic heterocycles. The van der Waals surface area contributed by atoms with Crippen LogP contribution < -0.4 is 4.90 Å². The number of imide groups is 1.